The molecule has 17 heavy (non-hydrogen) atoms. The summed E-state index contributed by atoms with van der Waals surface area (Å²) in [5.74, 6) is 0. The zero-order chi connectivity index (χ0) is 12.1. The first-order chi connectivity index (χ1) is 8.24. The van der Waals surface area contributed by atoms with Gasteiger partial charge in [-0.2, -0.15) is 0 Å². The molecule has 2 saturated heterocycles. The lowest BCUT2D eigenvalue weighted by molar-refractivity contribution is -0.0241. The minimum atomic E-state index is -0.115. The highest BCUT2D eigenvalue weighted by molar-refractivity contribution is 4.89. The van der Waals surface area contributed by atoms with Gasteiger partial charge < -0.3 is 15.2 Å². The van der Waals surface area contributed by atoms with E-state index in [1.165, 1.54) is 12.8 Å². The van der Waals surface area contributed by atoms with Crippen molar-refractivity contribution in [2.24, 2.45) is 5.41 Å². The molecular weight excluding hydrogens is 216 g/mol. The van der Waals surface area contributed by atoms with Gasteiger partial charge in [0.15, 0.2) is 0 Å². The van der Waals surface area contributed by atoms with Crippen LogP contribution >= 0.6 is 0 Å². The van der Waals surface area contributed by atoms with E-state index in [0.717, 1.165) is 52.4 Å². The quantitative estimate of drug-likeness (QED) is 0.735. The van der Waals surface area contributed by atoms with Gasteiger partial charge in [-0.3, -0.25) is 4.90 Å². The van der Waals surface area contributed by atoms with E-state index in [-0.39, 0.29) is 11.5 Å². The van der Waals surface area contributed by atoms with Crippen LogP contribution in [0, 0.1) is 5.41 Å². The standard InChI is InChI=1S/C13H26N2O2/c1-2-14-9-13(5-3-7-17-11-13)10-15-6-4-12(16)8-15/h12,14,16H,2-11H2,1H3. The molecule has 4 nitrogen and oxygen atoms in total. The molecule has 0 aromatic carbocycles. The van der Waals surface area contributed by atoms with Crippen LogP contribution in [0.4, 0.5) is 0 Å². The molecule has 0 spiro atoms. The molecule has 2 N–H and O–H groups in total. The van der Waals surface area contributed by atoms with E-state index >= 15 is 0 Å². The van der Waals surface area contributed by atoms with Crippen molar-refractivity contribution in [2.75, 3.05) is 45.9 Å². The van der Waals surface area contributed by atoms with Gasteiger partial charge in [-0.1, -0.05) is 6.92 Å². The third-order valence-electron chi connectivity index (χ3n) is 3.96. The number of hydrogen-bond donors (Lipinski definition) is 2. The normalized spacial score (nSPS) is 35.3. The van der Waals surface area contributed by atoms with Crippen molar-refractivity contribution in [1.29, 1.82) is 0 Å². The van der Waals surface area contributed by atoms with E-state index in [0.29, 0.717) is 0 Å². The molecule has 2 heterocycles. The van der Waals surface area contributed by atoms with Gasteiger partial charge in [0, 0.05) is 38.2 Å². The molecule has 100 valence electrons. The van der Waals surface area contributed by atoms with Crippen LogP contribution in [0.2, 0.25) is 0 Å². The highest BCUT2D eigenvalue weighted by atomic mass is 16.5. The van der Waals surface area contributed by atoms with E-state index < -0.39 is 0 Å². The Bertz CT molecular complexity index is 229. The number of ether oxygens (including phenoxy) is 1. The topological polar surface area (TPSA) is 44.7 Å². The van der Waals surface area contributed by atoms with Crippen LogP contribution in [0.25, 0.3) is 0 Å². The van der Waals surface area contributed by atoms with E-state index in [1.807, 2.05) is 0 Å². The SMILES string of the molecule is CCNCC1(CN2CCC(O)C2)CCCOC1. The predicted molar refractivity (Wildman–Crippen MR) is 68.1 cm³/mol. The number of aliphatic hydroxyl groups excluding tert-OH is 1. The van der Waals surface area contributed by atoms with Crippen LogP contribution in [0.1, 0.15) is 26.2 Å². The summed E-state index contributed by atoms with van der Waals surface area (Å²) < 4.78 is 5.69. The Kier molecular flexibility index (Phi) is 4.79. The van der Waals surface area contributed by atoms with Crippen molar-refractivity contribution < 1.29 is 9.84 Å². The first-order valence-electron chi connectivity index (χ1n) is 6.93. The Balaban J connectivity index is 1.89. The number of rotatable bonds is 5. The molecule has 0 bridgehead atoms. The maximum absolute atomic E-state index is 9.60. The fourth-order valence-corrected chi connectivity index (χ4v) is 3.05. The lowest BCUT2D eigenvalue weighted by Gasteiger charge is -2.40. The third-order valence-corrected chi connectivity index (χ3v) is 3.96. The Morgan fingerprint density at radius 1 is 1.53 bits per heavy atom. The first kappa shape index (κ1) is 13.3. The van der Waals surface area contributed by atoms with Gasteiger partial charge in [-0.25, -0.2) is 0 Å². The van der Waals surface area contributed by atoms with E-state index in [4.69, 9.17) is 4.74 Å². The molecule has 2 rings (SSSR count). The monoisotopic (exact) mass is 242 g/mol. The van der Waals surface area contributed by atoms with Crippen LogP contribution in [-0.4, -0.2) is 62.0 Å². The molecule has 0 saturated carbocycles. The number of nitrogens with one attached hydrogen (secondary N) is 1. The highest BCUT2D eigenvalue weighted by Crippen LogP contribution is 2.30. The second kappa shape index (κ2) is 6.14. The van der Waals surface area contributed by atoms with Crippen LogP contribution < -0.4 is 5.32 Å². The molecule has 0 aromatic heterocycles. The molecule has 2 aliphatic rings. The van der Waals surface area contributed by atoms with Gasteiger partial charge in [0.05, 0.1) is 12.7 Å². The van der Waals surface area contributed by atoms with E-state index in [2.05, 4.69) is 17.1 Å². The summed E-state index contributed by atoms with van der Waals surface area (Å²) in [6.45, 7) is 8.93. The number of β-amino-alcohol motifs (C(OH)–C–C–N with tert-alkyl or cyclic N) is 1. The molecule has 2 atom stereocenters. The Labute approximate surface area is 104 Å². The molecule has 2 fully saturated rings. The van der Waals surface area contributed by atoms with Crippen LogP contribution in [0.15, 0.2) is 0 Å². The molecule has 4 heteroatoms. The Morgan fingerprint density at radius 2 is 2.41 bits per heavy atom. The van der Waals surface area contributed by atoms with E-state index in [9.17, 15) is 5.11 Å². The molecule has 0 radical (unpaired) electrons. The van der Waals surface area contributed by atoms with Gasteiger partial charge in [-0.05, 0) is 25.8 Å². The van der Waals surface area contributed by atoms with Crippen molar-refractivity contribution >= 4 is 0 Å². The number of hydrogen-bond acceptors (Lipinski definition) is 4. The zero-order valence-corrected chi connectivity index (χ0v) is 11.0. The molecule has 2 aliphatic heterocycles. The maximum Gasteiger partial charge on any atom is 0.0679 e. The van der Waals surface area contributed by atoms with Crippen molar-refractivity contribution in [3.63, 3.8) is 0 Å². The molecular formula is C13H26N2O2. The average Bonchev–Trinajstić information content (AvgIpc) is 2.73. The van der Waals surface area contributed by atoms with E-state index in [1.54, 1.807) is 0 Å². The number of aliphatic hydroxyl groups is 1. The molecule has 0 aromatic rings. The van der Waals surface area contributed by atoms with Crippen LogP contribution in [-0.2, 0) is 4.74 Å². The predicted octanol–water partition coefficient (Wildman–Crippen LogP) is 0.459. The lowest BCUT2D eigenvalue weighted by Crippen LogP contribution is -2.48. The van der Waals surface area contributed by atoms with Crippen molar-refractivity contribution in [3.8, 4) is 0 Å². The molecule has 0 amide bonds. The van der Waals surface area contributed by atoms with Gasteiger partial charge in [0.1, 0.15) is 0 Å². The molecule has 2 unspecified atom stereocenters. The smallest absolute Gasteiger partial charge is 0.0679 e. The summed E-state index contributed by atoms with van der Waals surface area (Å²) >= 11 is 0. The summed E-state index contributed by atoms with van der Waals surface area (Å²) in [7, 11) is 0. The summed E-state index contributed by atoms with van der Waals surface area (Å²) in [5.41, 5.74) is 0.262. The second-order valence-electron chi connectivity index (χ2n) is 5.61. The van der Waals surface area contributed by atoms with Crippen molar-refractivity contribution in [2.45, 2.75) is 32.3 Å². The largest absolute Gasteiger partial charge is 0.392 e. The lowest BCUT2D eigenvalue weighted by atomic mass is 9.81. The van der Waals surface area contributed by atoms with Gasteiger partial charge in [0.25, 0.3) is 0 Å². The fourth-order valence-electron chi connectivity index (χ4n) is 3.05. The minimum Gasteiger partial charge on any atom is -0.392 e. The number of likely N-dealkylation sites (tertiary alicyclic amines) is 1. The van der Waals surface area contributed by atoms with Gasteiger partial charge in [-0.15, -0.1) is 0 Å². The first-order valence-corrected chi connectivity index (χ1v) is 6.93. The van der Waals surface area contributed by atoms with Crippen LogP contribution in [0.5, 0.6) is 0 Å². The van der Waals surface area contributed by atoms with Crippen LogP contribution in [0.3, 0.4) is 0 Å². The average molecular weight is 242 g/mol. The zero-order valence-electron chi connectivity index (χ0n) is 11.0. The summed E-state index contributed by atoms with van der Waals surface area (Å²) in [4.78, 5) is 2.40. The highest BCUT2D eigenvalue weighted by Gasteiger charge is 2.36. The minimum absolute atomic E-state index is 0.115. The molecule has 0 aliphatic carbocycles. The Morgan fingerprint density at radius 3 is 3.00 bits per heavy atom. The number of nitrogens with zero attached hydrogens (tertiary/aromatic N) is 1. The van der Waals surface area contributed by atoms with Crippen molar-refractivity contribution in [3.05, 3.63) is 0 Å². The van der Waals surface area contributed by atoms with Gasteiger partial charge in [0.2, 0.25) is 0 Å². The van der Waals surface area contributed by atoms with Crippen molar-refractivity contribution in [1.82, 2.24) is 10.2 Å². The summed E-state index contributed by atoms with van der Waals surface area (Å²) in [5, 5.41) is 13.1. The second-order valence-corrected chi connectivity index (χ2v) is 5.61. The summed E-state index contributed by atoms with van der Waals surface area (Å²) in [6, 6.07) is 0. The fraction of sp³-hybridized carbons (Fsp3) is 1.00. The maximum atomic E-state index is 9.60. The summed E-state index contributed by atoms with van der Waals surface area (Å²) in [6.07, 6.45) is 3.22. The van der Waals surface area contributed by atoms with Gasteiger partial charge >= 0.3 is 0 Å². The Hall–Kier alpha value is -0.160. The third kappa shape index (κ3) is 3.65.